The van der Waals surface area contributed by atoms with Crippen molar-refractivity contribution in [1.82, 2.24) is 14.8 Å². The van der Waals surface area contributed by atoms with Gasteiger partial charge in [0.15, 0.2) is 0 Å². The van der Waals surface area contributed by atoms with Crippen LogP contribution in [0.3, 0.4) is 0 Å². The third kappa shape index (κ3) is 4.08. The van der Waals surface area contributed by atoms with Crippen LogP contribution >= 0.6 is 11.6 Å². The summed E-state index contributed by atoms with van der Waals surface area (Å²) in [5.41, 5.74) is 6.01. The molecule has 2 N–H and O–H groups in total. The first-order valence-corrected chi connectivity index (χ1v) is 6.61. The van der Waals surface area contributed by atoms with Crippen molar-refractivity contribution in [2.24, 2.45) is 0 Å². The zero-order chi connectivity index (χ0) is 14.6. The van der Waals surface area contributed by atoms with Crippen LogP contribution in [0.2, 0.25) is 5.02 Å². The molecule has 0 aliphatic heterocycles. The molecule has 0 fully saturated rings. The van der Waals surface area contributed by atoms with Gasteiger partial charge < -0.3 is 15.5 Å². The van der Waals surface area contributed by atoms with Crippen LogP contribution in [0.1, 0.15) is 24.2 Å². The Morgan fingerprint density at radius 3 is 2.63 bits per heavy atom. The predicted octanol–water partition coefficient (Wildman–Crippen LogP) is 1.73. The Labute approximate surface area is 119 Å². The molecule has 1 amide bonds. The average molecular weight is 285 g/mol. The second kappa shape index (κ2) is 6.73. The fourth-order valence-corrected chi connectivity index (χ4v) is 2.18. The van der Waals surface area contributed by atoms with Crippen molar-refractivity contribution < 1.29 is 4.79 Å². The molecule has 106 valence electrons. The lowest BCUT2D eigenvalue weighted by molar-refractivity contribution is 0.0678. The molecule has 1 aromatic heterocycles. The molecule has 0 radical (unpaired) electrons. The molecule has 1 rings (SSSR count). The summed E-state index contributed by atoms with van der Waals surface area (Å²) < 4.78 is 0. The topological polar surface area (TPSA) is 62.5 Å². The predicted molar refractivity (Wildman–Crippen MR) is 78.4 cm³/mol. The number of halogens is 1. The van der Waals surface area contributed by atoms with Gasteiger partial charge in [0.05, 0.1) is 10.6 Å². The molecule has 19 heavy (non-hydrogen) atoms. The van der Waals surface area contributed by atoms with Gasteiger partial charge in [-0.15, -0.1) is 0 Å². The van der Waals surface area contributed by atoms with E-state index in [4.69, 9.17) is 17.3 Å². The second-order valence-corrected chi connectivity index (χ2v) is 5.20. The van der Waals surface area contributed by atoms with E-state index in [1.165, 1.54) is 6.20 Å². The summed E-state index contributed by atoms with van der Waals surface area (Å²) in [5, 5.41) is 0.308. The SMILES string of the molecule is CCN(C(=O)c1cnc(N)c(Cl)c1)C(C)CN(C)C. The van der Waals surface area contributed by atoms with Crippen LogP contribution in [0.5, 0.6) is 0 Å². The van der Waals surface area contributed by atoms with Gasteiger partial charge in [-0.2, -0.15) is 0 Å². The first kappa shape index (κ1) is 15.7. The summed E-state index contributed by atoms with van der Waals surface area (Å²) in [4.78, 5) is 20.2. The number of pyridine rings is 1. The monoisotopic (exact) mass is 284 g/mol. The van der Waals surface area contributed by atoms with E-state index in [1.54, 1.807) is 11.0 Å². The molecule has 1 heterocycles. The molecule has 0 saturated heterocycles. The summed E-state index contributed by atoms with van der Waals surface area (Å²) in [5.74, 6) is 0.161. The Morgan fingerprint density at radius 2 is 2.16 bits per heavy atom. The van der Waals surface area contributed by atoms with Crippen LogP contribution in [0.25, 0.3) is 0 Å². The van der Waals surface area contributed by atoms with Gasteiger partial charge in [0.2, 0.25) is 0 Å². The Kier molecular flexibility index (Phi) is 5.57. The molecule has 0 bridgehead atoms. The van der Waals surface area contributed by atoms with E-state index in [2.05, 4.69) is 9.88 Å². The quantitative estimate of drug-likeness (QED) is 0.894. The van der Waals surface area contributed by atoms with Gasteiger partial charge >= 0.3 is 0 Å². The number of amides is 1. The van der Waals surface area contributed by atoms with Gasteiger partial charge in [0, 0.05) is 25.3 Å². The molecular weight excluding hydrogens is 264 g/mol. The van der Waals surface area contributed by atoms with Crippen LogP contribution in [-0.4, -0.2) is 53.9 Å². The number of nitrogens with two attached hydrogens (primary N) is 1. The van der Waals surface area contributed by atoms with Crippen molar-refractivity contribution >= 4 is 23.3 Å². The molecule has 1 atom stereocenters. The molecule has 0 aromatic carbocycles. The molecule has 0 saturated carbocycles. The standard InChI is InChI=1S/C13H21ClN4O/c1-5-18(9(2)8-17(3)4)13(19)10-6-11(14)12(15)16-7-10/h6-7,9H,5,8H2,1-4H3,(H2,15,16). The Bertz CT molecular complexity index is 450. The van der Waals surface area contributed by atoms with E-state index in [1.807, 2.05) is 27.9 Å². The summed E-state index contributed by atoms with van der Waals surface area (Å²) in [6, 6.07) is 1.68. The average Bonchev–Trinajstić information content (AvgIpc) is 2.32. The molecule has 5 nitrogen and oxygen atoms in total. The number of carbonyl (C=O) groups is 1. The fraction of sp³-hybridized carbons (Fsp3) is 0.538. The number of hydrogen-bond acceptors (Lipinski definition) is 4. The normalized spacial score (nSPS) is 12.5. The minimum absolute atomic E-state index is 0.0775. The van der Waals surface area contributed by atoms with Gasteiger partial charge in [0.1, 0.15) is 5.82 Å². The van der Waals surface area contributed by atoms with Gasteiger partial charge in [-0.05, 0) is 34.0 Å². The van der Waals surface area contributed by atoms with Crippen molar-refractivity contribution in [2.45, 2.75) is 19.9 Å². The van der Waals surface area contributed by atoms with Crippen LogP contribution in [-0.2, 0) is 0 Å². The first-order chi connectivity index (χ1) is 8.86. The highest BCUT2D eigenvalue weighted by molar-refractivity contribution is 6.33. The summed E-state index contributed by atoms with van der Waals surface area (Å²) in [6.07, 6.45) is 1.47. The first-order valence-electron chi connectivity index (χ1n) is 6.23. The third-order valence-corrected chi connectivity index (χ3v) is 3.18. The van der Waals surface area contributed by atoms with Gasteiger partial charge in [-0.1, -0.05) is 11.6 Å². The minimum atomic E-state index is -0.0775. The van der Waals surface area contributed by atoms with E-state index in [0.29, 0.717) is 17.1 Å². The molecule has 0 aliphatic carbocycles. The number of aromatic nitrogens is 1. The number of likely N-dealkylation sites (N-methyl/N-ethyl adjacent to an activating group) is 2. The van der Waals surface area contributed by atoms with Crippen LogP contribution < -0.4 is 5.73 Å². The van der Waals surface area contributed by atoms with E-state index in [-0.39, 0.29) is 17.8 Å². The zero-order valence-corrected chi connectivity index (χ0v) is 12.6. The van der Waals surface area contributed by atoms with E-state index >= 15 is 0 Å². The molecule has 6 heteroatoms. The van der Waals surface area contributed by atoms with Crippen molar-refractivity contribution in [3.05, 3.63) is 22.8 Å². The number of nitrogen functional groups attached to an aromatic ring is 1. The van der Waals surface area contributed by atoms with Crippen molar-refractivity contribution in [3.8, 4) is 0 Å². The van der Waals surface area contributed by atoms with E-state index < -0.39 is 0 Å². The molecule has 1 unspecified atom stereocenters. The maximum atomic E-state index is 12.4. The van der Waals surface area contributed by atoms with Gasteiger partial charge in [-0.25, -0.2) is 4.98 Å². The van der Waals surface area contributed by atoms with Gasteiger partial charge in [0.25, 0.3) is 5.91 Å². The van der Waals surface area contributed by atoms with Crippen LogP contribution in [0.4, 0.5) is 5.82 Å². The molecule has 0 aliphatic rings. The molecular formula is C13H21ClN4O. The number of carbonyl (C=O) groups excluding carboxylic acids is 1. The Hall–Kier alpha value is -1.33. The maximum absolute atomic E-state index is 12.4. The lowest BCUT2D eigenvalue weighted by Crippen LogP contribution is -2.43. The van der Waals surface area contributed by atoms with Crippen molar-refractivity contribution in [2.75, 3.05) is 32.9 Å². The minimum Gasteiger partial charge on any atom is -0.382 e. The summed E-state index contributed by atoms with van der Waals surface area (Å²) in [6.45, 7) is 5.41. The summed E-state index contributed by atoms with van der Waals surface area (Å²) >= 11 is 5.90. The lowest BCUT2D eigenvalue weighted by atomic mass is 10.2. The largest absolute Gasteiger partial charge is 0.382 e. The number of rotatable bonds is 5. The third-order valence-electron chi connectivity index (χ3n) is 2.88. The van der Waals surface area contributed by atoms with E-state index in [0.717, 1.165) is 6.54 Å². The van der Waals surface area contributed by atoms with Crippen LogP contribution in [0, 0.1) is 0 Å². The van der Waals surface area contributed by atoms with Crippen molar-refractivity contribution in [1.29, 1.82) is 0 Å². The lowest BCUT2D eigenvalue weighted by Gasteiger charge is -2.30. The van der Waals surface area contributed by atoms with Gasteiger partial charge in [-0.3, -0.25) is 4.79 Å². The smallest absolute Gasteiger partial charge is 0.255 e. The number of anilines is 1. The number of hydrogen-bond donors (Lipinski definition) is 1. The number of nitrogens with zero attached hydrogens (tertiary/aromatic N) is 3. The molecule has 0 spiro atoms. The summed E-state index contributed by atoms with van der Waals surface area (Å²) in [7, 11) is 3.97. The zero-order valence-electron chi connectivity index (χ0n) is 11.9. The Balaban J connectivity index is 2.91. The highest BCUT2D eigenvalue weighted by Crippen LogP contribution is 2.18. The second-order valence-electron chi connectivity index (χ2n) is 4.79. The highest BCUT2D eigenvalue weighted by Gasteiger charge is 2.21. The Morgan fingerprint density at radius 1 is 1.53 bits per heavy atom. The molecule has 1 aromatic rings. The highest BCUT2D eigenvalue weighted by atomic mass is 35.5. The maximum Gasteiger partial charge on any atom is 0.255 e. The fourth-order valence-electron chi connectivity index (χ4n) is 2.01. The van der Waals surface area contributed by atoms with Crippen molar-refractivity contribution in [3.63, 3.8) is 0 Å². The van der Waals surface area contributed by atoms with E-state index in [9.17, 15) is 4.79 Å². The van der Waals surface area contributed by atoms with Crippen LogP contribution in [0.15, 0.2) is 12.3 Å².